The predicted molar refractivity (Wildman–Crippen MR) is 116 cm³/mol. The van der Waals surface area contributed by atoms with Crippen LogP contribution in [0.2, 0.25) is 0 Å². The molecule has 0 aliphatic carbocycles. The molecule has 1 fully saturated rings. The Morgan fingerprint density at radius 1 is 1.11 bits per heavy atom. The van der Waals surface area contributed by atoms with Crippen LogP contribution >= 0.6 is 12.4 Å². The third kappa shape index (κ3) is 4.84. The second kappa shape index (κ2) is 9.69. The van der Waals surface area contributed by atoms with Gasteiger partial charge in [0.05, 0.1) is 4.90 Å². The van der Waals surface area contributed by atoms with Crippen molar-refractivity contribution >= 4 is 44.8 Å². The molecule has 1 saturated heterocycles. The number of carbonyl (C=O) groups excluding carboxylic acids is 1. The normalized spacial score (nSPS) is 15.9. The van der Waals surface area contributed by atoms with Crippen LogP contribution in [0.5, 0.6) is 0 Å². The number of fused-ring (bicyclic) bond motifs is 1. The Morgan fingerprint density at radius 2 is 1.75 bits per heavy atom. The number of amides is 1. The monoisotopic (exact) mass is 425 g/mol. The number of benzene rings is 2. The maximum atomic E-state index is 13.3. The number of hydrogen-bond donors (Lipinski definition) is 2. The average Bonchev–Trinajstić information content (AvgIpc) is 2.66. The van der Waals surface area contributed by atoms with E-state index in [1.165, 1.54) is 6.92 Å². The maximum Gasteiger partial charge on any atom is 0.243 e. The third-order valence-corrected chi connectivity index (χ3v) is 7.03. The number of nitrogens with one attached hydrogen (secondary N) is 2. The highest BCUT2D eigenvalue weighted by atomic mass is 35.5. The SMILES string of the molecule is CCNCC1CCN(S(=O)(=O)c2ccc(NC(C)=O)c3ccccc23)CC1.Cl. The fourth-order valence-electron chi connectivity index (χ4n) is 3.64. The van der Waals surface area contributed by atoms with Gasteiger partial charge in [0, 0.05) is 36.5 Å². The first-order chi connectivity index (χ1) is 12.9. The zero-order chi connectivity index (χ0) is 19.4. The first-order valence-electron chi connectivity index (χ1n) is 9.43. The van der Waals surface area contributed by atoms with Gasteiger partial charge in [0.2, 0.25) is 15.9 Å². The summed E-state index contributed by atoms with van der Waals surface area (Å²) in [6.07, 6.45) is 1.74. The summed E-state index contributed by atoms with van der Waals surface area (Å²) < 4.78 is 28.1. The molecule has 154 valence electrons. The van der Waals surface area contributed by atoms with Gasteiger partial charge in [-0.05, 0) is 44.0 Å². The Labute approximate surface area is 173 Å². The lowest BCUT2D eigenvalue weighted by Crippen LogP contribution is -2.40. The van der Waals surface area contributed by atoms with Crippen LogP contribution < -0.4 is 10.6 Å². The molecule has 1 amide bonds. The summed E-state index contributed by atoms with van der Waals surface area (Å²) in [5.74, 6) is 0.341. The smallest absolute Gasteiger partial charge is 0.243 e. The molecular formula is C20H28ClN3O3S. The van der Waals surface area contributed by atoms with Crippen molar-refractivity contribution < 1.29 is 13.2 Å². The molecule has 0 saturated carbocycles. The molecule has 2 N–H and O–H groups in total. The van der Waals surface area contributed by atoms with Crippen molar-refractivity contribution in [2.45, 2.75) is 31.6 Å². The van der Waals surface area contributed by atoms with Crippen molar-refractivity contribution in [1.29, 1.82) is 0 Å². The second-order valence-electron chi connectivity index (χ2n) is 6.99. The van der Waals surface area contributed by atoms with Gasteiger partial charge < -0.3 is 10.6 Å². The van der Waals surface area contributed by atoms with Crippen LogP contribution in [0.3, 0.4) is 0 Å². The zero-order valence-corrected chi connectivity index (χ0v) is 17.9. The molecule has 0 radical (unpaired) electrons. The number of rotatable bonds is 6. The first-order valence-corrected chi connectivity index (χ1v) is 10.9. The van der Waals surface area contributed by atoms with Gasteiger partial charge >= 0.3 is 0 Å². The van der Waals surface area contributed by atoms with Gasteiger partial charge in [0.1, 0.15) is 0 Å². The summed E-state index contributed by atoms with van der Waals surface area (Å²) in [5.41, 5.74) is 0.626. The fraction of sp³-hybridized carbons (Fsp3) is 0.450. The van der Waals surface area contributed by atoms with E-state index in [1.807, 2.05) is 18.2 Å². The summed E-state index contributed by atoms with van der Waals surface area (Å²) in [7, 11) is -3.58. The number of nitrogens with zero attached hydrogens (tertiary/aromatic N) is 1. The summed E-state index contributed by atoms with van der Waals surface area (Å²) in [5, 5.41) is 7.49. The Kier molecular flexibility index (Phi) is 7.83. The standard InChI is InChI=1S/C20H27N3O3S.ClH/c1-3-21-14-16-10-12-23(13-11-16)27(25,26)20-9-8-19(22-15(2)24)17-6-4-5-7-18(17)20;/h4-9,16,21H,3,10-14H2,1-2H3,(H,22,24);1H. The Morgan fingerprint density at radius 3 is 2.36 bits per heavy atom. The zero-order valence-electron chi connectivity index (χ0n) is 16.3. The minimum atomic E-state index is -3.58. The van der Waals surface area contributed by atoms with Crippen LogP contribution in [0.4, 0.5) is 5.69 Å². The number of carbonyl (C=O) groups is 1. The molecule has 0 atom stereocenters. The fourth-order valence-corrected chi connectivity index (χ4v) is 5.30. The molecule has 0 bridgehead atoms. The summed E-state index contributed by atoms with van der Waals surface area (Å²) in [4.78, 5) is 11.8. The van der Waals surface area contributed by atoms with Gasteiger partial charge in [-0.2, -0.15) is 4.31 Å². The minimum absolute atomic E-state index is 0. The van der Waals surface area contributed by atoms with Gasteiger partial charge in [0.25, 0.3) is 0 Å². The van der Waals surface area contributed by atoms with Crippen LogP contribution in [0.25, 0.3) is 10.8 Å². The molecule has 0 spiro atoms. The lowest BCUT2D eigenvalue weighted by Gasteiger charge is -2.31. The molecule has 1 heterocycles. The number of piperidine rings is 1. The van der Waals surface area contributed by atoms with E-state index in [2.05, 4.69) is 17.6 Å². The molecule has 0 unspecified atom stereocenters. The minimum Gasteiger partial charge on any atom is -0.326 e. The van der Waals surface area contributed by atoms with Crippen LogP contribution in [0, 0.1) is 5.92 Å². The van der Waals surface area contributed by atoms with E-state index >= 15 is 0 Å². The van der Waals surface area contributed by atoms with Crippen molar-refractivity contribution in [3.8, 4) is 0 Å². The summed E-state index contributed by atoms with van der Waals surface area (Å²) in [6, 6.07) is 10.6. The maximum absolute atomic E-state index is 13.3. The number of hydrogen-bond acceptors (Lipinski definition) is 4. The second-order valence-corrected chi connectivity index (χ2v) is 8.90. The predicted octanol–water partition coefficient (Wildman–Crippen LogP) is 3.23. The van der Waals surface area contributed by atoms with Crippen LogP contribution in [0.1, 0.15) is 26.7 Å². The van der Waals surface area contributed by atoms with E-state index in [0.29, 0.717) is 35.0 Å². The molecule has 28 heavy (non-hydrogen) atoms. The molecule has 1 aliphatic rings. The molecule has 3 rings (SSSR count). The molecule has 8 heteroatoms. The lowest BCUT2D eigenvalue weighted by atomic mass is 9.98. The van der Waals surface area contributed by atoms with Gasteiger partial charge in [-0.15, -0.1) is 12.4 Å². The largest absolute Gasteiger partial charge is 0.326 e. The van der Waals surface area contributed by atoms with Gasteiger partial charge in [0.15, 0.2) is 0 Å². The van der Waals surface area contributed by atoms with Crippen molar-refractivity contribution in [2.24, 2.45) is 5.92 Å². The van der Waals surface area contributed by atoms with E-state index in [4.69, 9.17) is 0 Å². The number of halogens is 1. The van der Waals surface area contributed by atoms with E-state index in [0.717, 1.165) is 31.3 Å². The Bertz CT molecular complexity index is 925. The first kappa shape index (κ1) is 22.6. The molecule has 2 aromatic carbocycles. The van der Waals surface area contributed by atoms with Crippen LogP contribution in [0.15, 0.2) is 41.3 Å². The summed E-state index contributed by atoms with van der Waals surface area (Å²) >= 11 is 0. The lowest BCUT2D eigenvalue weighted by molar-refractivity contribution is -0.114. The summed E-state index contributed by atoms with van der Waals surface area (Å²) in [6.45, 7) is 6.48. The van der Waals surface area contributed by atoms with Gasteiger partial charge in [-0.25, -0.2) is 8.42 Å². The number of anilines is 1. The highest BCUT2D eigenvalue weighted by molar-refractivity contribution is 7.89. The quantitative estimate of drug-likeness (QED) is 0.744. The van der Waals surface area contributed by atoms with Gasteiger partial charge in [-0.3, -0.25) is 4.79 Å². The van der Waals surface area contributed by atoms with E-state index in [-0.39, 0.29) is 18.3 Å². The highest BCUT2D eigenvalue weighted by Gasteiger charge is 2.30. The van der Waals surface area contributed by atoms with Crippen molar-refractivity contribution in [2.75, 3.05) is 31.5 Å². The molecule has 1 aliphatic heterocycles. The van der Waals surface area contributed by atoms with E-state index < -0.39 is 10.0 Å². The van der Waals surface area contributed by atoms with Crippen molar-refractivity contribution in [3.63, 3.8) is 0 Å². The topological polar surface area (TPSA) is 78.5 Å². The Hall–Kier alpha value is -1.67. The van der Waals surface area contributed by atoms with Crippen molar-refractivity contribution in [3.05, 3.63) is 36.4 Å². The number of sulfonamides is 1. The molecule has 0 aromatic heterocycles. The molecule has 6 nitrogen and oxygen atoms in total. The van der Waals surface area contributed by atoms with Crippen LogP contribution in [-0.4, -0.2) is 44.8 Å². The Balaban J connectivity index is 0.00000280. The van der Waals surface area contributed by atoms with Crippen molar-refractivity contribution in [1.82, 2.24) is 9.62 Å². The average molecular weight is 426 g/mol. The molecule has 2 aromatic rings. The highest BCUT2D eigenvalue weighted by Crippen LogP contribution is 2.32. The van der Waals surface area contributed by atoms with Gasteiger partial charge in [-0.1, -0.05) is 31.2 Å². The van der Waals surface area contributed by atoms with Crippen LogP contribution in [-0.2, 0) is 14.8 Å². The van der Waals surface area contributed by atoms with E-state index in [1.54, 1.807) is 22.5 Å². The van der Waals surface area contributed by atoms with E-state index in [9.17, 15) is 13.2 Å². The molecular weight excluding hydrogens is 398 g/mol. The third-order valence-electron chi connectivity index (χ3n) is 5.07.